The number of sulfonamides is 1. The standard InChI is InChI=1S/C26H26N4O5S/c1-4-35-20-13-11-19(12-14-20)30(36(33,34)21-15-9-18(2)10-16-21)17-24(31)27-28-25-22-7-5-6-8-23(22)29(3)26(25)32/h5-16,32H,4,17H2,1-3H3. The van der Waals surface area contributed by atoms with Gasteiger partial charge in [-0.15, -0.1) is 10.2 Å². The fraction of sp³-hybridized carbons (Fsp3) is 0.192. The molecule has 0 atom stereocenters. The van der Waals surface area contributed by atoms with Crippen molar-refractivity contribution in [2.24, 2.45) is 17.3 Å². The van der Waals surface area contributed by atoms with Crippen LogP contribution in [0, 0.1) is 6.92 Å². The second-order valence-corrected chi connectivity index (χ2v) is 9.96. The minimum Gasteiger partial charge on any atom is -0.494 e. The molecule has 3 aromatic carbocycles. The van der Waals surface area contributed by atoms with E-state index in [1.807, 2.05) is 19.9 Å². The summed E-state index contributed by atoms with van der Waals surface area (Å²) < 4.78 is 35.0. The lowest BCUT2D eigenvalue weighted by atomic mass is 10.2. The highest BCUT2D eigenvalue weighted by Crippen LogP contribution is 2.37. The molecule has 0 fully saturated rings. The highest BCUT2D eigenvalue weighted by molar-refractivity contribution is 7.92. The summed E-state index contributed by atoms with van der Waals surface area (Å²) in [6.45, 7) is 3.58. The summed E-state index contributed by atoms with van der Waals surface area (Å²) in [6, 6.07) is 19.9. The van der Waals surface area contributed by atoms with Gasteiger partial charge >= 0.3 is 0 Å². The Morgan fingerprint density at radius 2 is 1.69 bits per heavy atom. The Morgan fingerprint density at radius 1 is 1.03 bits per heavy atom. The second kappa shape index (κ2) is 10.2. The summed E-state index contributed by atoms with van der Waals surface area (Å²) >= 11 is 0. The molecule has 0 aliphatic rings. The third-order valence-corrected chi connectivity index (χ3v) is 7.42. The third-order valence-electron chi connectivity index (χ3n) is 5.64. The van der Waals surface area contributed by atoms with Crippen LogP contribution in [0.3, 0.4) is 0 Å². The smallest absolute Gasteiger partial charge is 0.285 e. The Balaban J connectivity index is 1.68. The van der Waals surface area contributed by atoms with Crippen LogP contribution in [0.15, 0.2) is 87.9 Å². The number of hydrogen-bond donors (Lipinski definition) is 1. The van der Waals surface area contributed by atoms with Crippen LogP contribution in [-0.4, -0.2) is 37.2 Å². The number of amides is 1. The highest BCUT2D eigenvalue weighted by atomic mass is 32.2. The molecule has 4 rings (SSSR count). The number of aryl methyl sites for hydroxylation is 2. The average Bonchev–Trinajstić information content (AvgIpc) is 3.11. The summed E-state index contributed by atoms with van der Waals surface area (Å²) in [5.74, 6) is -0.373. The molecule has 10 heteroatoms. The van der Waals surface area contributed by atoms with Gasteiger partial charge in [-0.25, -0.2) is 8.42 Å². The topological polar surface area (TPSA) is 114 Å². The molecule has 0 unspecified atom stereocenters. The van der Waals surface area contributed by atoms with Crippen LogP contribution >= 0.6 is 0 Å². The van der Waals surface area contributed by atoms with E-state index in [0.29, 0.717) is 17.7 Å². The predicted molar refractivity (Wildman–Crippen MR) is 137 cm³/mol. The molecule has 9 nitrogen and oxygen atoms in total. The Hall–Kier alpha value is -4.18. The van der Waals surface area contributed by atoms with Gasteiger partial charge in [0.15, 0.2) is 5.69 Å². The van der Waals surface area contributed by atoms with Gasteiger partial charge in [0, 0.05) is 12.4 Å². The van der Waals surface area contributed by atoms with Crippen molar-refractivity contribution in [3.05, 3.63) is 78.4 Å². The largest absolute Gasteiger partial charge is 0.494 e. The number of fused-ring (bicyclic) bond motifs is 1. The summed E-state index contributed by atoms with van der Waals surface area (Å²) in [6.07, 6.45) is 0. The molecule has 4 aromatic rings. The Morgan fingerprint density at radius 3 is 2.36 bits per heavy atom. The zero-order chi connectivity index (χ0) is 25.9. The molecule has 36 heavy (non-hydrogen) atoms. The zero-order valence-corrected chi connectivity index (χ0v) is 20.9. The van der Waals surface area contributed by atoms with Crippen LogP contribution in [0.25, 0.3) is 10.9 Å². The fourth-order valence-electron chi connectivity index (χ4n) is 3.75. The number of para-hydroxylation sites is 1. The third kappa shape index (κ3) is 4.94. The van der Waals surface area contributed by atoms with E-state index in [1.165, 1.54) is 16.7 Å². The Kier molecular flexibility index (Phi) is 7.07. The van der Waals surface area contributed by atoms with Gasteiger partial charge in [0.25, 0.3) is 15.9 Å². The van der Waals surface area contributed by atoms with Crippen LogP contribution in [0.5, 0.6) is 11.6 Å². The van der Waals surface area contributed by atoms with Crippen molar-refractivity contribution < 1.29 is 23.1 Å². The van der Waals surface area contributed by atoms with Crippen LogP contribution in [0.4, 0.5) is 11.4 Å². The summed E-state index contributed by atoms with van der Waals surface area (Å²) in [4.78, 5) is 12.9. The first-order valence-corrected chi connectivity index (χ1v) is 12.7. The predicted octanol–water partition coefficient (Wildman–Crippen LogP) is 5.10. The van der Waals surface area contributed by atoms with Gasteiger partial charge in [0.2, 0.25) is 5.88 Å². The lowest BCUT2D eigenvalue weighted by molar-refractivity contribution is -0.116. The average molecular weight is 507 g/mol. The van der Waals surface area contributed by atoms with Gasteiger partial charge < -0.3 is 14.4 Å². The van der Waals surface area contributed by atoms with E-state index in [-0.39, 0.29) is 22.2 Å². The van der Waals surface area contributed by atoms with Gasteiger partial charge in [0.05, 0.1) is 22.7 Å². The first kappa shape index (κ1) is 24.9. The minimum atomic E-state index is -4.10. The van der Waals surface area contributed by atoms with Crippen molar-refractivity contribution >= 4 is 38.2 Å². The maximum Gasteiger partial charge on any atom is 0.285 e. The van der Waals surface area contributed by atoms with E-state index >= 15 is 0 Å². The van der Waals surface area contributed by atoms with Crippen molar-refractivity contribution in [1.82, 2.24) is 4.57 Å². The molecule has 1 amide bonds. The van der Waals surface area contributed by atoms with Gasteiger partial charge in [0.1, 0.15) is 12.3 Å². The molecule has 0 radical (unpaired) electrons. The molecule has 1 N–H and O–H groups in total. The highest BCUT2D eigenvalue weighted by Gasteiger charge is 2.27. The molecule has 1 aromatic heterocycles. The van der Waals surface area contributed by atoms with E-state index in [4.69, 9.17) is 4.74 Å². The van der Waals surface area contributed by atoms with Crippen molar-refractivity contribution in [1.29, 1.82) is 0 Å². The summed E-state index contributed by atoms with van der Waals surface area (Å²) in [5.41, 5.74) is 2.03. The fourth-order valence-corrected chi connectivity index (χ4v) is 5.16. The normalized spacial score (nSPS) is 11.8. The van der Waals surface area contributed by atoms with E-state index in [9.17, 15) is 18.3 Å². The number of nitrogens with zero attached hydrogens (tertiary/aromatic N) is 4. The number of carbonyl (C=O) groups is 1. The van der Waals surface area contributed by atoms with Crippen LogP contribution in [0.1, 0.15) is 12.5 Å². The molecule has 0 saturated heterocycles. The van der Waals surface area contributed by atoms with Gasteiger partial charge in [-0.05, 0) is 56.3 Å². The molecule has 0 spiro atoms. The Labute approximate surface area is 209 Å². The van der Waals surface area contributed by atoms with Crippen molar-refractivity contribution in [3.8, 4) is 11.6 Å². The number of aromatic nitrogens is 1. The maximum atomic E-state index is 13.5. The summed E-state index contributed by atoms with van der Waals surface area (Å²) in [7, 11) is -2.43. The summed E-state index contributed by atoms with van der Waals surface area (Å²) in [5, 5.41) is 18.8. The molecular weight excluding hydrogens is 480 g/mol. The van der Waals surface area contributed by atoms with E-state index in [1.54, 1.807) is 61.6 Å². The lowest BCUT2D eigenvalue weighted by Crippen LogP contribution is -2.35. The zero-order valence-electron chi connectivity index (χ0n) is 20.1. The minimum absolute atomic E-state index is 0.0402. The van der Waals surface area contributed by atoms with Crippen molar-refractivity contribution in [3.63, 3.8) is 0 Å². The molecule has 186 valence electrons. The van der Waals surface area contributed by atoms with Crippen molar-refractivity contribution in [2.45, 2.75) is 18.7 Å². The number of aromatic hydroxyl groups is 1. The number of azo groups is 1. The maximum absolute atomic E-state index is 13.5. The number of anilines is 1. The molecule has 1 heterocycles. The van der Waals surface area contributed by atoms with E-state index in [2.05, 4.69) is 10.2 Å². The number of hydrogen-bond acceptors (Lipinski definition) is 6. The molecular formula is C26H26N4O5S. The van der Waals surface area contributed by atoms with E-state index in [0.717, 1.165) is 15.4 Å². The van der Waals surface area contributed by atoms with Gasteiger partial charge in [-0.1, -0.05) is 35.9 Å². The van der Waals surface area contributed by atoms with Crippen molar-refractivity contribution in [2.75, 3.05) is 17.5 Å². The second-order valence-electron chi connectivity index (χ2n) is 8.09. The van der Waals surface area contributed by atoms with Crippen LogP contribution in [0.2, 0.25) is 0 Å². The SMILES string of the molecule is CCOc1ccc(N(CC(=O)N=Nc2c(O)n(C)c3ccccc23)S(=O)(=O)c2ccc(C)cc2)cc1. The lowest BCUT2D eigenvalue weighted by Gasteiger charge is -2.23. The van der Waals surface area contributed by atoms with Crippen LogP contribution < -0.4 is 9.04 Å². The van der Waals surface area contributed by atoms with Crippen LogP contribution in [-0.2, 0) is 21.9 Å². The number of benzene rings is 3. The first-order valence-electron chi connectivity index (χ1n) is 11.3. The molecule has 0 saturated carbocycles. The van der Waals surface area contributed by atoms with Gasteiger partial charge in [-0.3, -0.25) is 9.10 Å². The number of carbonyl (C=O) groups excluding carboxylic acids is 1. The van der Waals surface area contributed by atoms with Gasteiger partial charge in [-0.2, -0.15) is 0 Å². The molecule has 0 aliphatic carbocycles. The molecule has 0 aliphatic heterocycles. The van der Waals surface area contributed by atoms with E-state index < -0.39 is 22.5 Å². The quantitative estimate of drug-likeness (QED) is 0.334. The Bertz CT molecular complexity index is 1530. The first-order chi connectivity index (χ1) is 17.2. The number of ether oxygens (including phenoxy) is 1. The molecule has 0 bridgehead atoms. The number of rotatable bonds is 8. The monoisotopic (exact) mass is 506 g/mol.